The van der Waals surface area contributed by atoms with E-state index >= 15 is 0 Å². The second-order valence-electron chi connectivity index (χ2n) is 8.03. The maximum Gasteiger partial charge on any atom is 0.340 e. The quantitative estimate of drug-likeness (QED) is 0.148. The lowest BCUT2D eigenvalue weighted by Crippen LogP contribution is -2.28. The first-order chi connectivity index (χ1) is 16.5. The van der Waals surface area contributed by atoms with Crippen molar-refractivity contribution in [2.45, 2.75) is 30.1 Å². The van der Waals surface area contributed by atoms with E-state index in [1.54, 1.807) is 23.1 Å². The fourth-order valence-corrected chi connectivity index (χ4v) is 7.01. The molecule has 0 atom stereocenters. The van der Waals surface area contributed by atoms with E-state index in [0.717, 1.165) is 46.9 Å². The zero-order chi connectivity index (χ0) is 23.8. The molecule has 6 nitrogen and oxygen atoms in total. The Morgan fingerprint density at radius 3 is 3.00 bits per heavy atom. The van der Waals surface area contributed by atoms with Crippen molar-refractivity contribution in [3.8, 4) is 5.75 Å². The lowest BCUT2D eigenvalue weighted by Gasteiger charge is -2.27. The number of rotatable bonds is 7. The van der Waals surface area contributed by atoms with Gasteiger partial charge in [-0.05, 0) is 48.1 Å². The van der Waals surface area contributed by atoms with Crippen LogP contribution in [0.15, 0.2) is 51.8 Å². The first-order valence-electron chi connectivity index (χ1n) is 11.0. The highest BCUT2D eigenvalue weighted by Crippen LogP contribution is 2.43. The lowest BCUT2D eigenvalue weighted by atomic mass is 10.0. The molecule has 0 unspecified atom stereocenters. The number of esters is 1. The van der Waals surface area contributed by atoms with Gasteiger partial charge in [-0.2, -0.15) is 0 Å². The third-order valence-corrected chi connectivity index (χ3v) is 8.50. The summed E-state index contributed by atoms with van der Waals surface area (Å²) in [5.74, 6) is 1.06. The molecule has 0 aliphatic carbocycles. The van der Waals surface area contributed by atoms with Gasteiger partial charge in [-0.15, -0.1) is 17.9 Å². The standard InChI is InChI=1S/C25H24BrN3O3S2/c1-4-10-29-18-11-16(26)23-15(12-28(3)14-32-23)21(18)22(24(30)31-5-2)19(29)13-33-25-27-17-8-6-7-9-20(17)34-25/h4,6-9,11H,1,5,10,12-14H2,2-3H3. The smallest absolute Gasteiger partial charge is 0.340 e. The topological polar surface area (TPSA) is 56.6 Å². The Balaban J connectivity index is 1.68. The van der Waals surface area contributed by atoms with Gasteiger partial charge in [-0.25, -0.2) is 9.78 Å². The van der Waals surface area contributed by atoms with Gasteiger partial charge >= 0.3 is 5.97 Å². The van der Waals surface area contributed by atoms with Gasteiger partial charge in [-0.3, -0.25) is 4.90 Å². The third-order valence-electron chi connectivity index (χ3n) is 5.72. The summed E-state index contributed by atoms with van der Waals surface area (Å²) in [5, 5.41) is 0.893. The number of halogens is 1. The first-order valence-corrected chi connectivity index (χ1v) is 13.6. The molecule has 0 saturated heterocycles. The van der Waals surface area contributed by atoms with E-state index in [4.69, 9.17) is 14.5 Å². The molecule has 2 aromatic heterocycles. The second kappa shape index (κ2) is 9.73. The highest BCUT2D eigenvalue weighted by atomic mass is 79.9. The van der Waals surface area contributed by atoms with Crippen molar-refractivity contribution in [3.05, 3.63) is 64.3 Å². The number of fused-ring (bicyclic) bond motifs is 4. The largest absolute Gasteiger partial charge is 0.477 e. The normalized spacial score (nSPS) is 13.7. The summed E-state index contributed by atoms with van der Waals surface area (Å²) in [6.45, 7) is 7.87. The molecule has 0 fully saturated rings. The number of allylic oxidation sites excluding steroid dienone is 1. The molecular weight excluding hydrogens is 534 g/mol. The van der Waals surface area contributed by atoms with Crippen molar-refractivity contribution in [1.29, 1.82) is 0 Å². The summed E-state index contributed by atoms with van der Waals surface area (Å²) in [7, 11) is 2.00. The van der Waals surface area contributed by atoms with Crippen LogP contribution in [0.3, 0.4) is 0 Å². The van der Waals surface area contributed by atoms with E-state index in [1.807, 2.05) is 44.3 Å². The maximum absolute atomic E-state index is 13.4. The number of aromatic nitrogens is 2. The first kappa shape index (κ1) is 23.4. The van der Waals surface area contributed by atoms with E-state index in [2.05, 4.69) is 38.0 Å². The van der Waals surface area contributed by atoms with E-state index in [1.165, 1.54) is 0 Å². The van der Waals surface area contributed by atoms with Crippen LogP contribution in [0.4, 0.5) is 0 Å². The zero-order valence-electron chi connectivity index (χ0n) is 19.0. The Morgan fingerprint density at radius 1 is 1.41 bits per heavy atom. The minimum atomic E-state index is -0.312. The summed E-state index contributed by atoms with van der Waals surface area (Å²) < 4.78 is 16.7. The predicted octanol–water partition coefficient (Wildman–Crippen LogP) is 6.45. The average Bonchev–Trinajstić information content (AvgIpc) is 3.37. The van der Waals surface area contributed by atoms with Crippen LogP contribution in [0.5, 0.6) is 5.75 Å². The summed E-state index contributed by atoms with van der Waals surface area (Å²) in [6, 6.07) is 10.2. The van der Waals surface area contributed by atoms with Crippen molar-refractivity contribution >= 4 is 66.1 Å². The van der Waals surface area contributed by atoms with Gasteiger partial charge in [0.05, 0.1) is 32.4 Å². The molecule has 0 radical (unpaired) electrons. The van der Waals surface area contributed by atoms with Crippen LogP contribution in [-0.4, -0.2) is 40.8 Å². The number of thiazole rings is 1. The molecule has 3 heterocycles. The molecule has 1 aliphatic rings. The van der Waals surface area contributed by atoms with Crippen LogP contribution in [0.1, 0.15) is 28.5 Å². The van der Waals surface area contributed by atoms with Crippen molar-refractivity contribution in [3.63, 3.8) is 0 Å². The number of nitrogens with zero attached hydrogens (tertiary/aromatic N) is 3. The summed E-state index contributed by atoms with van der Waals surface area (Å²) in [5.41, 5.74) is 4.47. The Labute approximate surface area is 214 Å². The predicted molar refractivity (Wildman–Crippen MR) is 142 cm³/mol. The second-order valence-corrected chi connectivity index (χ2v) is 11.1. The summed E-state index contributed by atoms with van der Waals surface area (Å²) >= 11 is 7.00. The Hall–Kier alpha value is -2.33. The molecular formula is C25H24BrN3O3S2. The monoisotopic (exact) mass is 557 g/mol. The van der Waals surface area contributed by atoms with Crippen LogP contribution in [0, 0.1) is 0 Å². The van der Waals surface area contributed by atoms with E-state index in [0.29, 0.717) is 37.7 Å². The number of para-hydroxylation sites is 1. The minimum absolute atomic E-state index is 0.312. The molecule has 0 bridgehead atoms. The van der Waals surface area contributed by atoms with Gasteiger partial charge in [0, 0.05) is 35.5 Å². The number of hydrogen-bond donors (Lipinski definition) is 0. The van der Waals surface area contributed by atoms with E-state index < -0.39 is 0 Å². The lowest BCUT2D eigenvalue weighted by molar-refractivity contribution is 0.0527. The molecule has 2 aromatic carbocycles. The number of carbonyl (C=O) groups excluding carboxylic acids is 1. The number of hydrogen-bond acceptors (Lipinski definition) is 7. The summed E-state index contributed by atoms with van der Waals surface area (Å²) in [4.78, 5) is 20.2. The fraction of sp³-hybridized carbons (Fsp3) is 0.280. The molecule has 0 N–H and O–H groups in total. The third kappa shape index (κ3) is 4.15. The van der Waals surface area contributed by atoms with E-state index in [-0.39, 0.29) is 5.97 Å². The Kier molecular flexibility index (Phi) is 6.70. The zero-order valence-corrected chi connectivity index (χ0v) is 22.2. The Morgan fingerprint density at radius 2 is 2.24 bits per heavy atom. The van der Waals surface area contributed by atoms with Crippen LogP contribution < -0.4 is 4.74 Å². The molecule has 0 spiro atoms. The fourth-order valence-electron chi connectivity index (χ4n) is 4.34. The molecule has 9 heteroatoms. The number of thioether (sulfide) groups is 1. The van der Waals surface area contributed by atoms with Gasteiger partial charge in [0.2, 0.25) is 0 Å². The van der Waals surface area contributed by atoms with Gasteiger partial charge in [0.15, 0.2) is 4.34 Å². The molecule has 34 heavy (non-hydrogen) atoms. The van der Waals surface area contributed by atoms with Gasteiger partial charge in [0.1, 0.15) is 12.5 Å². The molecule has 0 saturated carbocycles. The minimum Gasteiger partial charge on any atom is -0.477 e. The van der Waals surface area contributed by atoms with Gasteiger partial charge < -0.3 is 14.0 Å². The van der Waals surface area contributed by atoms with Crippen molar-refractivity contribution < 1.29 is 14.3 Å². The highest BCUT2D eigenvalue weighted by Gasteiger charge is 2.30. The van der Waals surface area contributed by atoms with E-state index in [9.17, 15) is 4.79 Å². The number of benzene rings is 2. The van der Waals surface area contributed by atoms with Crippen molar-refractivity contribution in [2.24, 2.45) is 0 Å². The average molecular weight is 559 g/mol. The van der Waals surface area contributed by atoms with Crippen LogP contribution in [0.25, 0.3) is 21.1 Å². The highest BCUT2D eigenvalue weighted by molar-refractivity contribution is 9.10. The van der Waals surface area contributed by atoms with Gasteiger partial charge in [-0.1, -0.05) is 30.0 Å². The maximum atomic E-state index is 13.4. The SMILES string of the molecule is C=CCn1c(CSc2nc3ccccc3s2)c(C(=O)OCC)c2c3c(c(Br)cc21)OCN(C)C3. The molecule has 0 amide bonds. The van der Waals surface area contributed by atoms with Crippen LogP contribution >= 0.6 is 39.0 Å². The number of carbonyl (C=O) groups is 1. The molecule has 5 rings (SSSR count). The summed E-state index contributed by atoms with van der Waals surface area (Å²) in [6.07, 6.45) is 1.86. The van der Waals surface area contributed by atoms with Gasteiger partial charge in [0.25, 0.3) is 0 Å². The number of ether oxygens (including phenoxy) is 2. The van der Waals surface area contributed by atoms with Crippen LogP contribution in [-0.2, 0) is 23.6 Å². The van der Waals surface area contributed by atoms with Crippen molar-refractivity contribution in [1.82, 2.24) is 14.5 Å². The molecule has 1 aliphatic heterocycles. The Bertz CT molecular complexity index is 1380. The van der Waals surface area contributed by atoms with Crippen molar-refractivity contribution in [2.75, 3.05) is 20.4 Å². The molecule has 4 aromatic rings. The molecule has 176 valence electrons. The van der Waals surface area contributed by atoms with Crippen LogP contribution in [0.2, 0.25) is 0 Å².